The van der Waals surface area contributed by atoms with Gasteiger partial charge in [0, 0.05) is 32.1 Å². The van der Waals surface area contributed by atoms with Crippen molar-refractivity contribution in [2.24, 2.45) is 4.99 Å². The van der Waals surface area contributed by atoms with Crippen LogP contribution in [-0.2, 0) is 11.2 Å². The smallest absolute Gasteiger partial charge is 0.243 e. The lowest BCUT2D eigenvalue weighted by molar-refractivity contribution is -0.127. The number of unbranched alkanes of at least 4 members (excludes halogenated alkanes) is 1. The van der Waals surface area contributed by atoms with Gasteiger partial charge in [-0.2, -0.15) is 11.8 Å². The summed E-state index contributed by atoms with van der Waals surface area (Å²) >= 11 is 3.63. The third-order valence-corrected chi connectivity index (χ3v) is 4.82. The molecular weight excluding hydrogens is 328 g/mol. The van der Waals surface area contributed by atoms with Crippen molar-refractivity contribution in [2.45, 2.75) is 19.3 Å². The van der Waals surface area contributed by atoms with Crippen LogP contribution < -0.4 is 10.6 Å². The number of thioether (sulfide) groups is 1. The van der Waals surface area contributed by atoms with Crippen molar-refractivity contribution < 1.29 is 4.79 Å². The zero-order chi connectivity index (χ0) is 16.9. The molecule has 0 aliphatic carbocycles. The number of hydrogen-bond acceptors (Lipinski definition) is 4. The lowest BCUT2D eigenvalue weighted by Gasteiger charge is -2.13. The van der Waals surface area contributed by atoms with Crippen molar-refractivity contribution in [3.8, 4) is 0 Å². The van der Waals surface area contributed by atoms with E-state index >= 15 is 0 Å². The highest BCUT2D eigenvalue weighted by molar-refractivity contribution is 7.98. The molecule has 0 saturated carbocycles. The third-order valence-electron chi connectivity index (χ3n) is 3.18. The Morgan fingerprint density at radius 1 is 1.30 bits per heavy atom. The quantitative estimate of drug-likeness (QED) is 0.383. The summed E-state index contributed by atoms with van der Waals surface area (Å²) in [4.78, 5) is 19.0. The Morgan fingerprint density at radius 2 is 2.09 bits per heavy atom. The molecule has 0 aliphatic heterocycles. The van der Waals surface area contributed by atoms with Gasteiger partial charge in [0.05, 0.1) is 0 Å². The Labute approximate surface area is 147 Å². The fraction of sp³-hybridized carbons (Fsp3) is 0.625. The molecule has 0 saturated heterocycles. The minimum absolute atomic E-state index is 0.00624. The molecule has 0 atom stereocenters. The predicted molar refractivity (Wildman–Crippen MR) is 103 cm³/mol. The second-order valence-corrected chi connectivity index (χ2v) is 7.35. The lowest BCUT2D eigenvalue weighted by Crippen LogP contribution is -2.40. The summed E-state index contributed by atoms with van der Waals surface area (Å²) in [5, 5.41) is 8.72. The largest absolute Gasteiger partial charge is 0.356 e. The number of thiophene rings is 1. The van der Waals surface area contributed by atoms with Gasteiger partial charge in [0.2, 0.25) is 5.91 Å². The molecule has 1 rings (SSSR count). The van der Waals surface area contributed by atoms with Gasteiger partial charge in [0.15, 0.2) is 5.96 Å². The first-order valence-corrected chi connectivity index (χ1v) is 10.1. The van der Waals surface area contributed by atoms with Crippen LogP contribution in [0.4, 0.5) is 0 Å². The molecular formula is C16H28N4OS2. The lowest BCUT2D eigenvalue weighted by atomic mass is 10.3. The summed E-state index contributed by atoms with van der Waals surface area (Å²) in [6.45, 7) is 1.86. The highest BCUT2D eigenvalue weighted by atomic mass is 32.2. The van der Waals surface area contributed by atoms with Gasteiger partial charge in [0.1, 0.15) is 6.54 Å². The number of hydrogen-bond donors (Lipinski definition) is 2. The number of carbonyl (C=O) groups is 1. The first-order valence-electron chi connectivity index (χ1n) is 7.87. The first kappa shape index (κ1) is 19.8. The molecule has 0 radical (unpaired) electrons. The van der Waals surface area contributed by atoms with Gasteiger partial charge in [-0.25, -0.2) is 4.99 Å². The van der Waals surface area contributed by atoms with Crippen molar-refractivity contribution in [1.82, 2.24) is 15.5 Å². The number of aliphatic imine (C=N–C) groups is 1. The second-order valence-electron chi connectivity index (χ2n) is 5.34. The van der Waals surface area contributed by atoms with E-state index in [1.807, 2.05) is 11.8 Å². The van der Waals surface area contributed by atoms with Crippen molar-refractivity contribution in [1.29, 1.82) is 0 Å². The van der Waals surface area contributed by atoms with Crippen LogP contribution in [0.5, 0.6) is 0 Å². The van der Waals surface area contributed by atoms with E-state index in [0.29, 0.717) is 0 Å². The second kappa shape index (κ2) is 12.2. The van der Waals surface area contributed by atoms with E-state index in [1.54, 1.807) is 30.3 Å². The van der Waals surface area contributed by atoms with Crippen LogP contribution in [0.15, 0.2) is 22.5 Å². The van der Waals surface area contributed by atoms with E-state index in [9.17, 15) is 4.79 Å². The minimum Gasteiger partial charge on any atom is -0.356 e. The maximum absolute atomic E-state index is 11.7. The van der Waals surface area contributed by atoms with Crippen LogP contribution >= 0.6 is 23.1 Å². The van der Waals surface area contributed by atoms with Crippen molar-refractivity contribution in [3.05, 3.63) is 22.4 Å². The van der Waals surface area contributed by atoms with E-state index in [4.69, 9.17) is 0 Å². The van der Waals surface area contributed by atoms with E-state index in [0.717, 1.165) is 31.9 Å². The number of likely N-dealkylation sites (N-methyl/N-ethyl adjacent to an activating group) is 1. The van der Waals surface area contributed by atoms with Crippen LogP contribution in [0.1, 0.15) is 17.7 Å². The molecule has 7 heteroatoms. The molecule has 0 spiro atoms. The summed E-state index contributed by atoms with van der Waals surface area (Å²) in [7, 11) is 3.50. The van der Waals surface area contributed by atoms with E-state index in [1.165, 1.54) is 17.1 Å². The molecule has 23 heavy (non-hydrogen) atoms. The zero-order valence-electron chi connectivity index (χ0n) is 14.3. The molecule has 130 valence electrons. The van der Waals surface area contributed by atoms with E-state index in [2.05, 4.69) is 39.4 Å². The average molecular weight is 357 g/mol. The summed E-state index contributed by atoms with van der Waals surface area (Å²) in [6, 6.07) is 4.20. The number of rotatable bonds is 10. The molecule has 0 aliphatic rings. The Bertz CT molecular complexity index is 461. The Kier molecular flexibility index (Phi) is 10.6. The Hall–Kier alpha value is -1.21. The third kappa shape index (κ3) is 9.50. The average Bonchev–Trinajstić information content (AvgIpc) is 3.04. The Morgan fingerprint density at radius 3 is 2.74 bits per heavy atom. The van der Waals surface area contributed by atoms with Gasteiger partial charge >= 0.3 is 0 Å². The highest BCUT2D eigenvalue weighted by Crippen LogP contribution is 2.07. The minimum atomic E-state index is 0.00624. The van der Waals surface area contributed by atoms with Gasteiger partial charge in [-0.15, -0.1) is 11.3 Å². The monoisotopic (exact) mass is 356 g/mol. The van der Waals surface area contributed by atoms with Crippen LogP contribution in [0.2, 0.25) is 0 Å². The summed E-state index contributed by atoms with van der Waals surface area (Å²) in [6.07, 6.45) is 5.38. The summed E-state index contributed by atoms with van der Waals surface area (Å²) in [5.74, 6) is 1.91. The van der Waals surface area contributed by atoms with Crippen LogP contribution in [-0.4, -0.2) is 62.5 Å². The van der Waals surface area contributed by atoms with Crippen LogP contribution in [0.3, 0.4) is 0 Å². The molecule has 1 heterocycles. The van der Waals surface area contributed by atoms with Crippen LogP contribution in [0, 0.1) is 0 Å². The maximum atomic E-state index is 11.7. The van der Waals surface area contributed by atoms with E-state index in [-0.39, 0.29) is 12.5 Å². The molecule has 2 N–H and O–H groups in total. The fourth-order valence-electron chi connectivity index (χ4n) is 1.80. The molecule has 0 bridgehead atoms. The number of nitrogens with zero attached hydrogens (tertiary/aromatic N) is 2. The highest BCUT2D eigenvalue weighted by Gasteiger charge is 2.04. The standard InChI is InChI=1S/C16H28N4OS2/c1-20(2)15(21)13-19-16(17-9-4-5-11-22-3)18-10-8-14-7-6-12-23-14/h6-7,12H,4-5,8-11,13H2,1-3H3,(H2,17,18,19). The molecule has 1 aromatic rings. The van der Waals surface area contributed by atoms with Gasteiger partial charge in [-0.3, -0.25) is 4.79 Å². The first-order chi connectivity index (χ1) is 11.1. The van der Waals surface area contributed by atoms with Crippen molar-refractivity contribution in [2.75, 3.05) is 45.7 Å². The molecule has 0 aromatic carbocycles. The number of carbonyl (C=O) groups excluding carboxylic acids is 1. The molecule has 0 unspecified atom stereocenters. The maximum Gasteiger partial charge on any atom is 0.243 e. The van der Waals surface area contributed by atoms with Gasteiger partial charge in [-0.1, -0.05) is 6.07 Å². The molecule has 5 nitrogen and oxygen atoms in total. The van der Waals surface area contributed by atoms with Crippen molar-refractivity contribution in [3.63, 3.8) is 0 Å². The summed E-state index contributed by atoms with van der Waals surface area (Å²) in [5.41, 5.74) is 0. The predicted octanol–water partition coefficient (Wildman–Crippen LogP) is 2.06. The molecule has 0 fully saturated rings. The fourth-order valence-corrected chi connectivity index (χ4v) is 3.00. The number of amides is 1. The number of nitrogens with one attached hydrogen (secondary N) is 2. The number of guanidine groups is 1. The Balaban J connectivity index is 2.39. The van der Waals surface area contributed by atoms with Crippen molar-refractivity contribution >= 4 is 35.0 Å². The SMILES string of the molecule is CSCCCCNC(=NCC(=O)N(C)C)NCCc1cccs1. The van der Waals surface area contributed by atoms with Gasteiger partial charge < -0.3 is 15.5 Å². The van der Waals surface area contributed by atoms with Gasteiger partial charge in [-0.05, 0) is 42.7 Å². The van der Waals surface area contributed by atoms with E-state index < -0.39 is 0 Å². The zero-order valence-corrected chi connectivity index (χ0v) is 15.9. The van der Waals surface area contributed by atoms with Gasteiger partial charge in [0.25, 0.3) is 0 Å². The summed E-state index contributed by atoms with van der Waals surface area (Å²) < 4.78 is 0. The topological polar surface area (TPSA) is 56.7 Å². The normalized spacial score (nSPS) is 11.3. The molecule has 1 amide bonds. The van der Waals surface area contributed by atoms with Crippen LogP contribution in [0.25, 0.3) is 0 Å². The molecule has 1 aromatic heterocycles.